The van der Waals surface area contributed by atoms with Crippen LogP contribution in [0.5, 0.6) is 0 Å². The third-order valence-electron chi connectivity index (χ3n) is 2.99. The van der Waals surface area contributed by atoms with Crippen LogP contribution in [0.3, 0.4) is 0 Å². The average Bonchev–Trinajstić information content (AvgIpc) is 2.87. The molecule has 4 nitrogen and oxygen atoms in total. The molecule has 0 spiro atoms. The summed E-state index contributed by atoms with van der Waals surface area (Å²) in [5, 5.41) is 5.27. The van der Waals surface area contributed by atoms with Crippen LogP contribution in [0.1, 0.15) is 32.9 Å². The zero-order valence-corrected chi connectivity index (χ0v) is 12.7. The first-order chi connectivity index (χ1) is 8.93. The highest BCUT2D eigenvalue weighted by Gasteiger charge is 2.16. The first-order valence-corrected chi connectivity index (χ1v) is 7.30. The lowest BCUT2D eigenvalue weighted by Crippen LogP contribution is -2.41. The first-order valence-electron chi connectivity index (χ1n) is 6.04. The number of imidazole rings is 1. The summed E-state index contributed by atoms with van der Waals surface area (Å²) in [6.07, 6.45) is 5.93. The van der Waals surface area contributed by atoms with Gasteiger partial charge in [-0.25, -0.2) is 4.98 Å². The summed E-state index contributed by atoms with van der Waals surface area (Å²) in [5.41, 5.74) is 0.516. The Labute approximate surface area is 121 Å². The fraction of sp³-hybridized carbons (Fsp3) is 0.385. The van der Waals surface area contributed by atoms with Crippen molar-refractivity contribution in [3.8, 4) is 0 Å². The fourth-order valence-electron chi connectivity index (χ4n) is 1.54. The molecular formula is C13H16ClN3OS. The largest absolute Gasteiger partial charge is 0.348 e. The van der Waals surface area contributed by atoms with Gasteiger partial charge in [-0.3, -0.25) is 9.20 Å². The van der Waals surface area contributed by atoms with Crippen LogP contribution in [0, 0.1) is 0 Å². The van der Waals surface area contributed by atoms with Crippen molar-refractivity contribution in [3.63, 3.8) is 0 Å². The van der Waals surface area contributed by atoms with Gasteiger partial charge in [0.1, 0.15) is 0 Å². The van der Waals surface area contributed by atoms with E-state index in [1.165, 1.54) is 17.4 Å². The summed E-state index contributed by atoms with van der Waals surface area (Å²) in [5.74, 6) is -0.131. The molecule has 6 heteroatoms. The topological polar surface area (TPSA) is 46.4 Å². The molecule has 0 aliphatic carbocycles. The van der Waals surface area contributed by atoms with Crippen LogP contribution in [0.2, 0.25) is 5.15 Å². The minimum Gasteiger partial charge on any atom is -0.348 e. The molecule has 0 unspecified atom stereocenters. The van der Waals surface area contributed by atoms with Crippen molar-refractivity contribution in [1.29, 1.82) is 0 Å². The highest BCUT2D eigenvalue weighted by atomic mass is 35.5. The number of aromatic nitrogens is 2. The van der Waals surface area contributed by atoms with E-state index < -0.39 is 0 Å². The van der Waals surface area contributed by atoms with Crippen molar-refractivity contribution in [2.45, 2.75) is 32.7 Å². The first kappa shape index (κ1) is 14.1. The van der Waals surface area contributed by atoms with Gasteiger partial charge in [0, 0.05) is 23.2 Å². The number of thiazole rings is 1. The number of nitrogens with zero attached hydrogens (tertiary/aromatic N) is 2. The maximum atomic E-state index is 11.8. The van der Waals surface area contributed by atoms with Crippen molar-refractivity contribution < 1.29 is 4.79 Å². The maximum absolute atomic E-state index is 11.8. The number of hydrogen-bond acceptors (Lipinski definition) is 3. The predicted molar refractivity (Wildman–Crippen MR) is 79.6 cm³/mol. The molecule has 0 saturated heterocycles. The van der Waals surface area contributed by atoms with Gasteiger partial charge in [-0.2, -0.15) is 0 Å². The Kier molecular flexibility index (Phi) is 3.96. The van der Waals surface area contributed by atoms with Gasteiger partial charge in [0.05, 0.1) is 5.69 Å². The minimum absolute atomic E-state index is 0.131. The molecule has 0 bridgehead atoms. The van der Waals surface area contributed by atoms with Gasteiger partial charge >= 0.3 is 0 Å². The number of rotatable bonds is 4. The van der Waals surface area contributed by atoms with E-state index >= 15 is 0 Å². The number of halogens is 1. The number of fused-ring (bicyclic) bond motifs is 1. The second-order valence-corrected chi connectivity index (χ2v) is 6.13. The van der Waals surface area contributed by atoms with Crippen LogP contribution in [-0.4, -0.2) is 20.8 Å². The molecule has 0 atom stereocenters. The van der Waals surface area contributed by atoms with E-state index in [0.717, 1.165) is 17.1 Å². The van der Waals surface area contributed by atoms with Gasteiger partial charge < -0.3 is 5.32 Å². The van der Waals surface area contributed by atoms with Crippen LogP contribution in [0.4, 0.5) is 0 Å². The lowest BCUT2D eigenvalue weighted by atomic mass is 10.0. The molecule has 0 aliphatic heterocycles. The van der Waals surface area contributed by atoms with Gasteiger partial charge in [-0.1, -0.05) is 18.5 Å². The van der Waals surface area contributed by atoms with E-state index in [1.54, 1.807) is 6.08 Å². The number of carbonyl (C=O) groups is 1. The Morgan fingerprint density at radius 3 is 3.05 bits per heavy atom. The Balaban J connectivity index is 2.16. The van der Waals surface area contributed by atoms with E-state index in [0.29, 0.717) is 5.15 Å². The second kappa shape index (κ2) is 5.35. The zero-order valence-electron chi connectivity index (χ0n) is 11.1. The molecule has 2 heterocycles. The minimum atomic E-state index is -0.208. The van der Waals surface area contributed by atoms with E-state index in [4.69, 9.17) is 11.6 Å². The van der Waals surface area contributed by atoms with Gasteiger partial charge in [0.15, 0.2) is 10.1 Å². The van der Waals surface area contributed by atoms with Crippen LogP contribution in [-0.2, 0) is 4.79 Å². The van der Waals surface area contributed by atoms with Crippen LogP contribution >= 0.6 is 22.9 Å². The molecule has 0 fully saturated rings. The lowest BCUT2D eigenvalue weighted by Gasteiger charge is -2.23. The normalized spacial score (nSPS) is 12.4. The zero-order chi connectivity index (χ0) is 14.0. The van der Waals surface area contributed by atoms with Crippen molar-refractivity contribution in [3.05, 3.63) is 28.5 Å². The molecule has 0 aliphatic rings. The molecule has 1 N–H and O–H groups in total. The Morgan fingerprint density at radius 1 is 1.63 bits per heavy atom. The third-order valence-corrected chi connectivity index (χ3v) is 4.03. The molecule has 0 radical (unpaired) electrons. The molecule has 0 saturated carbocycles. The highest BCUT2D eigenvalue weighted by molar-refractivity contribution is 7.15. The maximum Gasteiger partial charge on any atom is 0.244 e. The summed E-state index contributed by atoms with van der Waals surface area (Å²) >= 11 is 7.55. The standard InChI is InChI=1S/C13H16ClN3OS/c1-4-13(2,3)16-10(18)6-5-9-11(14)15-12-17(9)7-8-19-12/h5-8H,4H2,1-3H3,(H,16,18)/b6-5+. The quantitative estimate of drug-likeness (QED) is 0.880. The van der Waals surface area contributed by atoms with Crippen molar-refractivity contribution in [2.24, 2.45) is 0 Å². The Hall–Kier alpha value is -1.33. The van der Waals surface area contributed by atoms with Crippen molar-refractivity contribution >= 4 is 39.9 Å². The molecule has 2 aromatic heterocycles. The van der Waals surface area contributed by atoms with Gasteiger partial charge in [0.2, 0.25) is 5.91 Å². The molecule has 2 aromatic rings. The number of carbonyl (C=O) groups excluding carboxylic acids is 1. The van der Waals surface area contributed by atoms with Gasteiger partial charge in [0.25, 0.3) is 0 Å². The molecule has 102 valence electrons. The SMILES string of the molecule is CCC(C)(C)NC(=O)/C=C/c1c(Cl)nc2sccn12. The summed E-state index contributed by atoms with van der Waals surface area (Å²) in [4.78, 5) is 16.9. The molecule has 2 rings (SSSR count). The summed E-state index contributed by atoms with van der Waals surface area (Å²) in [7, 11) is 0. The average molecular weight is 298 g/mol. The summed E-state index contributed by atoms with van der Waals surface area (Å²) < 4.78 is 1.86. The van der Waals surface area contributed by atoms with Crippen molar-refractivity contribution in [2.75, 3.05) is 0 Å². The van der Waals surface area contributed by atoms with E-state index in [-0.39, 0.29) is 11.4 Å². The van der Waals surface area contributed by atoms with E-state index in [2.05, 4.69) is 10.3 Å². The number of amides is 1. The number of hydrogen-bond donors (Lipinski definition) is 1. The lowest BCUT2D eigenvalue weighted by molar-refractivity contribution is -0.117. The predicted octanol–water partition coefficient (Wildman–Crippen LogP) is 3.37. The molecule has 1 amide bonds. The monoisotopic (exact) mass is 297 g/mol. The van der Waals surface area contributed by atoms with E-state index in [1.807, 2.05) is 36.7 Å². The Morgan fingerprint density at radius 2 is 2.37 bits per heavy atom. The van der Waals surface area contributed by atoms with Crippen LogP contribution < -0.4 is 5.32 Å². The van der Waals surface area contributed by atoms with Crippen LogP contribution in [0.25, 0.3) is 11.0 Å². The highest BCUT2D eigenvalue weighted by Crippen LogP contribution is 2.22. The van der Waals surface area contributed by atoms with Gasteiger partial charge in [-0.05, 0) is 26.3 Å². The van der Waals surface area contributed by atoms with E-state index in [9.17, 15) is 4.79 Å². The molecule has 19 heavy (non-hydrogen) atoms. The summed E-state index contributed by atoms with van der Waals surface area (Å²) in [6, 6.07) is 0. The smallest absolute Gasteiger partial charge is 0.244 e. The van der Waals surface area contributed by atoms with Gasteiger partial charge in [-0.15, -0.1) is 11.3 Å². The third kappa shape index (κ3) is 3.16. The molecule has 0 aromatic carbocycles. The Bertz CT molecular complexity index is 627. The molecular weight excluding hydrogens is 282 g/mol. The second-order valence-electron chi connectivity index (χ2n) is 4.90. The number of nitrogens with one attached hydrogen (secondary N) is 1. The van der Waals surface area contributed by atoms with Crippen molar-refractivity contribution in [1.82, 2.24) is 14.7 Å². The summed E-state index contributed by atoms with van der Waals surface area (Å²) in [6.45, 7) is 6.01. The fourth-order valence-corrected chi connectivity index (χ4v) is 2.55. The van der Waals surface area contributed by atoms with Crippen LogP contribution in [0.15, 0.2) is 17.7 Å².